The lowest BCUT2D eigenvalue weighted by atomic mass is 10.0. The normalized spacial score (nSPS) is 10.1. The topological polar surface area (TPSA) is 39.2 Å². The van der Waals surface area contributed by atoms with E-state index in [0.29, 0.717) is 5.56 Å². The summed E-state index contributed by atoms with van der Waals surface area (Å²) >= 11 is 0. The number of aromatic nitrogens is 1. The van der Waals surface area contributed by atoms with Crippen molar-refractivity contribution >= 4 is 5.97 Å². The van der Waals surface area contributed by atoms with E-state index in [-0.39, 0.29) is 5.97 Å². The van der Waals surface area contributed by atoms with Crippen LogP contribution in [0.2, 0.25) is 0 Å². The van der Waals surface area contributed by atoms with Crippen molar-refractivity contribution in [3.05, 3.63) is 65.5 Å². The van der Waals surface area contributed by atoms with E-state index in [9.17, 15) is 4.79 Å². The van der Waals surface area contributed by atoms with E-state index in [1.54, 1.807) is 18.5 Å². The van der Waals surface area contributed by atoms with Crippen LogP contribution >= 0.6 is 0 Å². The second kappa shape index (κ2) is 5.96. The van der Waals surface area contributed by atoms with Gasteiger partial charge in [0.05, 0.1) is 12.7 Å². The SMILES string of the molecule is COC(=O)c1ccccc1CCc1ccncc1. The molecular formula is C15H15NO2. The Balaban J connectivity index is 2.12. The number of benzene rings is 1. The summed E-state index contributed by atoms with van der Waals surface area (Å²) < 4.78 is 4.78. The second-order valence-corrected chi connectivity index (χ2v) is 4.00. The van der Waals surface area contributed by atoms with E-state index < -0.39 is 0 Å². The highest BCUT2D eigenvalue weighted by atomic mass is 16.5. The van der Waals surface area contributed by atoms with Gasteiger partial charge in [-0.3, -0.25) is 4.98 Å². The number of aryl methyl sites for hydroxylation is 2. The molecule has 0 aliphatic heterocycles. The fourth-order valence-corrected chi connectivity index (χ4v) is 1.88. The van der Waals surface area contributed by atoms with Crippen LogP contribution in [-0.4, -0.2) is 18.1 Å². The lowest BCUT2D eigenvalue weighted by Crippen LogP contribution is -2.06. The highest BCUT2D eigenvalue weighted by Crippen LogP contribution is 2.13. The Morgan fingerprint density at radius 1 is 1.11 bits per heavy atom. The Bertz CT molecular complexity index is 523. The lowest BCUT2D eigenvalue weighted by molar-refractivity contribution is 0.0599. The fraction of sp³-hybridized carbons (Fsp3) is 0.200. The molecule has 18 heavy (non-hydrogen) atoms. The summed E-state index contributed by atoms with van der Waals surface area (Å²) in [5.41, 5.74) is 2.87. The van der Waals surface area contributed by atoms with Crippen LogP contribution in [0.15, 0.2) is 48.8 Å². The molecule has 0 aliphatic rings. The van der Waals surface area contributed by atoms with Gasteiger partial charge >= 0.3 is 5.97 Å². The van der Waals surface area contributed by atoms with Crippen molar-refractivity contribution in [2.24, 2.45) is 0 Å². The molecule has 2 aromatic rings. The van der Waals surface area contributed by atoms with Gasteiger partial charge < -0.3 is 4.74 Å². The number of hydrogen-bond donors (Lipinski definition) is 0. The first-order chi connectivity index (χ1) is 8.81. The summed E-state index contributed by atoms with van der Waals surface area (Å²) in [7, 11) is 1.40. The van der Waals surface area contributed by atoms with Gasteiger partial charge in [-0.05, 0) is 42.2 Å². The predicted octanol–water partition coefficient (Wildman–Crippen LogP) is 2.65. The third kappa shape index (κ3) is 2.94. The Hall–Kier alpha value is -2.16. The standard InChI is InChI=1S/C15H15NO2/c1-18-15(17)14-5-3-2-4-13(14)7-6-12-8-10-16-11-9-12/h2-5,8-11H,6-7H2,1H3. The minimum Gasteiger partial charge on any atom is -0.465 e. The monoisotopic (exact) mass is 241 g/mol. The van der Waals surface area contributed by atoms with Gasteiger partial charge in [0.15, 0.2) is 0 Å². The summed E-state index contributed by atoms with van der Waals surface area (Å²) in [6, 6.07) is 11.5. The molecule has 2 rings (SSSR count). The van der Waals surface area contributed by atoms with Crippen molar-refractivity contribution in [3.8, 4) is 0 Å². The van der Waals surface area contributed by atoms with E-state index in [1.807, 2.05) is 30.3 Å². The molecule has 0 saturated heterocycles. The first kappa shape index (κ1) is 12.3. The van der Waals surface area contributed by atoms with Crippen LogP contribution in [0.25, 0.3) is 0 Å². The number of pyridine rings is 1. The molecule has 3 nitrogen and oxygen atoms in total. The van der Waals surface area contributed by atoms with E-state index in [4.69, 9.17) is 4.74 Å². The third-order valence-corrected chi connectivity index (χ3v) is 2.86. The number of carbonyl (C=O) groups excluding carboxylic acids is 1. The highest BCUT2D eigenvalue weighted by molar-refractivity contribution is 5.90. The largest absolute Gasteiger partial charge is 0.465 e. The van der Waals surface area contributed by atoms with Gasteiger partial charge in [0, 0.05) is 12.4 Å². The zero-order valence-electron chi connectivity index (χ0n) is 10.3. The third-order valence-electron chi connectivity index (χ3n) is 2.86. The molecule has 0 atom stereocenters. The van der Waals surface area contributed by atoms with Crippen LogP contribution in [0.4, 0.5) is 0 Å². The van der Waals surface area contributed by atoms with E-state index in [0.717, 1.165) is 18.4 Å². The van der Waals surface area contributed by atoms with Crippen LogP contribution in [-0.2, 0) is 17.6 Å². The number of esters is 1. The van der Waals surface area contributed by atoms with E-state index >= 15 is 0 Å². The Labute approximate surface area is 106 Å². The average Bonchev–Trinajstić information content (AvgIpc) is 2.45. The predicted molar refractivity (Wildman–Crippen MR) is 69.4 cm³/mol. The van der Waals surface area contributed by atoms with Gasteiger partial charge in [0.25, 0.3) is 0 Å². The number of hydrogen-bond acceptors (Lipinski definition) is 3. The van der Waals surface area contributed by atoms with Gasteiger partial charge in [0.2, 0.25) is 0 Å². The van der Waals surface area contributed by atoms with Gasteiger partial charge in [0.1, 0.15) is 0 Å². The van der Waals surface area contributed by atoms with Crippen molar-refractivity contribution in [2.45, 2.75) is 12.8 Å². The molecule has 1 aromatic heterocycles. The first-order valence-electron chi connectivity index (χ1n) is 5.86. The van der Waals surface area contributed by atoms with Gasteiger partial charge in [-0.25, -0.2) is 4.79 Å². The number of methoxy groups -OCH3 is 1. The molecular weight excluding hydrogens is 226 g/mol. The molecule has 1 heterocycles. The molecule has 92 valence electrons. The summed E-state index contributed by atoms with van der Waals surface area (Å²) in [5.74, 6) is -0.277. The van der Waals surface area contributed by atoms with E-state index in [1.165, 1.54) is 12.7 Å². The van der Waals surface area contributed by atoms with Gasteiger partial charge in [-0.15, -0.1) is 0 Å². The van der Waals surface area contributed by atoms with Crippen molar-refractivity contribution in [3.63, 3.8) is 0 Å². The lowest BCUT2D eigenvalue weighted by Gasteiger charge is -2.07. The maximum atomic E-state index is 11.6. The number of nitrogens with zero attached hydrogens (tertiary/aromatic N) is 1. The van der Waals surface area contributed by atoms with Crippen LogP contribution in [0, 0.1) is 0 Å². The highest BCUT2D eigenvalue weighted by Gasteiger charge is 2.10. The van der Waals surface area contributed by atoms with E-state index in [2.05, 4.69) is 4.98 Å². The molecule has 1 aromatic carbocycles. The minimum absolute atomic E-state index is 0.277. The van der Waals surface area contributed by atoms with Crippen molar-refractivity contribution in [2.75, 3.05) is 7.11 Å². The summed E-state index contributed by atoms with van der Waals surface area (Å²) in [4.78, 5) is 15.6. The quantitative estimate of drug-likeness (QED) is 0.772. The minimum atomic E-state index is -0.277. The average molecular weight is 241 g/mol. The Kier molecular flexibility index (Phi) is 4.07. The van der Waals surface area contributed by atoms with Crippen molar-refractivity contribution < 1.29 is 9.53 Å². The molecule has 0 fully saturated rings. The summed E-state index contributed by atoms with van der Waals surface area (Å²) in [6.07, 6.45) is 5.26. The molecule has 0 aliphatic carbocycles. The van der Waals surface area contributed by atoms with Crippen LogP contribution in [0.3, 0.4) is 0 Å². The molecule has 0 radical (unpaired) electrons. The molecule has 0 bridgehead atoms. The Morgan fingerprint density at radius 3 is 2.56 bits per heavy atom. The zero-order chi connectivity index (χ0) is 12.8. The maximum Gasteiger partial charge on any atom is 0.338 e. The summed E-state index contributed by atoms with van der Waals surface area (Å²) in [6.45, 7) is 0. The molecule has 0 N–H and O–H groups in total. The van der Waals surface area contributed by atoms with Crippen LogP contribution in [0.1, 0.15) is 21.5 Å². The molecule has 0 spiro atoms. The zero-order valence-corrected chi connectivity index (χ0v) is 10.3. The smallest absolute Gasteiger partial charge is 0.338 e. The number of carbonyl (C=O) groups is 1. The molecule has 0 amide bonds. The van der Waals surface area contributed by atoms with Crippen LogP contribution < -0.4 is 0 Å². The maximum absolute atomic E-state index is 11.6. The number of rotatable bonds is 4. The molecule has 0 unspecified atom stereocenters. The van der Waals surface area contributed by atoms with Crippen molar-refractivity contribution in [1.29, 1.82) is 0 Å². The number of ether oxygens (including phenoxy) is 1. The summed E-state index contributed by atoms with van der Waals surface area (Å²) in [5, 5.41) is 0. The van der Waals surface area contributed by atoms with Crippen molar-refractivity contribution in [1.82, 2.24) is 4.98 Å². The Morgan fingerprint density at radius 2 is 1.83 bits per heavy atom. The second-order valence-electron chi connectivity index (χ2n) is 4.00. The fourth-order valence-electron chi connectivity index (χ4n) is 1.88. The first-order valence-corrected chi connectivity index (χ1v) is 5.86. The van der Waals surface area contributed by atoms with Gasteiger partial charge in [-0.1, -0.05) is 18.2 Å². The molecule has 0 saturated carbocycles. The van der Waals surface area contributed by atoms with Crippen LogP contribution in [0.5, 0.6) is 0 Å². The van der Waals surface area contributed by atoms with Gasteiger partial charge in [-0.2, -0.15) is 0 Å². The molecule has 3 heteroatoms.